The number of hydrogen-bond donors (Lipinski definition) is 2. The average molecular weight is 212 g/mol. The zero-order chi connectivity index (χ0) is 11.6. The molecule has 0 aromatic carbocycles. The molecule has 0 aromatic heterocycles. The molecule has 0 radical (unpaired) electrons. The second-order valence-corrected chi connectivity index (χ2v) is 6.06. The molecule has 1 saturated heterocycles. The van der Waals surface area contributed by atoms with Crippen molar-refractivity contribution in [3.8, 4) is 0 Å². The van der Waals surface area contributed by atoms with E-state index in [0.717, 1.165) is 6.42 Å². The lowest BCUT2D eigenvalue weighted by molar-refractivity contribution is -0.126. The largest absolute Gasteiger partial charge is 0.340 e. The van der Waals surface area contributed by atoms with E-state index in [0.29, 0.717) is 18.4 Å². The Morgan fingerprint density at radius 3 is 2.47 bits per heavy atom. The highest BCUT2D eigenvalue weighted by atomic mass is 16.2. The Morgan fingerprint density at radius 1 is 1.40 bits per heavy atom. The van der Waals surface area contributed by atoms with Crippen LogP contribution in [0.5, 0.6) is 0 Å². The van der Waals surface area contributed by atoms with Crippen molar-refractivity contribution in [3.05, 3.63) is 0 Å². The van der Waals surface area contributed by atoms with Crippen molar-refractivity contribution in [3.63, 3.8) is 0 Å². The molecule has 0 saturated carbocycles. The molecule has 3 nitrogen and oxygen atoms in total. The summed E-state index contributed by atoms with van der Waals surface area (Å²) in [6.07, 6.45) is 1.78. The minimum Gasteiger partial charge on any atom is -0.340 e. The SMILES string of the molecule is CC(C)C[C@H]1CC(=O)NC(C(C)(C)C)N1. The Hall–Kier alpha value is -0.570. The Labute approximate surface area is 93.0 Å². The molecule has 2 N–H and O–H groups in total. The van der Waals surface area contributed by atoms with Crippen LogP contribution in [-0.4, -0.2) is 18.1 Å². The lowest BCUT2D eigenvalue weighted by Gasteiger charge is -2.39. The van der Waals surface area contributed by atoms with Crippen molar-refractivity contribution < 1.29 is 4.79 Å². The lowest BCUT2D eigenvalue weighted by Crippen LogP contribution is -2.61. The Morgan fingerprint density at radius 2 is 2.00 bits per heavy atom. The van der Waals surface area contributed by atoms with Crippen molar-refractivity contribution in [2.24, 2.45) is 11.3 Å². The molecule has 3 heteroatoms. The summed E-state index contributed by atoms with van der Waals surface area (Å²) in [7, 11) is 0. The summed E-state index contributed by atoms with van der Waals surface area (Å²) in [6.45, 7) is 10.8. The predicted molar refractivity (Wildman–Crippen MR) is 62.4 cm³/mol. The molecular weight excluding hydrogens is 188 g/mol. The van der Waals surface area contributed by atoms with Crippen molar-refractivity contribution in [2.45, 2.75) is 59.7 Å². The number of rotatable bonds is 2. The quantitative estimate of drug-likeness (QED) is 0.734. The van der Waals surface area contributed by atoms with Gasteiger partial charge in [-0.3, -0.25) is 10.1 Å². The van der Waals surface area contributed by atoms with Gasteiger partial charge in [-0.15, -0.1) is 0 Å². The molecule has 88 valence electrons. The Balaban J connectivity index is 2.60. The van der Waals surface area contributed by atoms with Crippen LogP contribution in [0.3, 0.4) is 0 Å². The number of hydrogen-bond acceptors (Lipinski definition) is 2. The van der Waals surface area contributed by atoms with Gasteiger partial charge >= 0.3 is 0 Å². The van der Waals surface area contributed by atoms with Crippen molar-refractivity contribution >= 4 is 5.91 Å². The summed E-state index contributed by atoms with van der Waals surface area (Å²) < 4.78 is 0. The highest BCUT2D eigenvalue weighted by molar-refractivity contribution is 5.77. The highest BCUT2D eigenvalue weighted by Gasteiger charge is 2.33. The first-order chi connectivity index (χ1) is 6.79. The van der Waals surface area contributed by atoms with Crippen LogP contribution in [-0.2, 0) is 4.79 Å². The molecule has 15 heavy (non-hydrogen) atoms. The number of nitrogens with one attached hydrogen (secondary N) is 2. The van der Waals surface area contributed by atoms with Crippen LogP contribution in [0.1, 0.15) is 47.5 Å². The summed E-state index contributed by atoms with van der Waals surface area (Å²) in [4.78, 5) is 11.6. The van der Waals surface area contributed by atoms with Crippen LogP contribution in [0, 0.1) is 11.3 Å². The first-order valence-electron chi connectivity index (χ1n) is 5.84. The molecular formula is C12H24N2O. The van der Waals surface area contributed by atoms with Crippen LogP contribution in [0.4, 0.5) is 0 Å². The van der Waals surface area contributed by atoms with Gasteiger partial charge in [0.2, 0.25) is 5.91 Å². The fourth-order valence-corrected chi connectivity index (χ4v) is 1.97. The van der Waals surface area contributed by atoms with Gasteiger partial charge in [0.05, 0.1) is 6.17 Å². The van der Waals surface area contributed by atoms with Gasteiger partial charge in [0.1, 0.15) is 0 Å². The summed E-state index contributed by atoms with van der Waals surface area (Å²) in [5, 5.41) is 6.53. The number of carbonyl (C=O) groups excluding carboxylic acids is 1. The van der Waals surface area contributed by atoms with Crippen LogP contribution >= 0.6 is 0 Å². The van der Waals surface area contributed by atoms with Crippen molar-refractivity contribution in [2.75, 3.05) is 0 Å². The van der Waals surface area contributed by atoms with Crippen LogP contribution in [0.25, 0.3) is 0 Å². The first kappa shape index (κ1) is 12.5. The molecule has 0 bridgehead atoms. The molecule has 1 amide bonds. The minimum atomic E-state index is 0.0747. The topological polar surface area (TPSA) is 41.1 Å². The van der Waals surface area contributed by atoms with E-state index in [9.17, 15) is 4.79 Å². The van der Waals surface area contributed by atoms with Gasteiger partial charge in [0.25, 0.3) is 0 Å². The number of amides is 1. The number of carbonyl (C=O) groups is 1. The van der Waals surface area contributed by atoms with E-state index >= 15 is 0 Å². The molecule has 1 unspecified atom stereocenters. The maximum absolute atomic E-state index is 11.6. The summed E-state index contributed by atoms with van der Waals surface area (Å²) in [6, 6.07) is 0.336. The second kappa shape index (κ2) is 4.52. The molecule has 2 atom stereocenters. The van der Waals surface area contributed by atoms with Gasteiger partial charge in [-0.25, -0.2) is 0 Å². The summed E-state index contributed by atoms with van der Waals surface area (Å²) in [5.41, 5.74) is 0.0747. The maximum Gasteiger partial charge on any atom is 0.222 e. The van der Waals surface area contributed by atoms with E-state index < -0.39 is 0 Å². The van der Waals surface area contributed by atoms with Gasteiger partial charge in [-0.2, -0.15) is 0 Å². The smallest absolute Gasteiger partial charge is 0.222 e. The Bertz CT molecular complexity index is 230. The van der Waals surface area contributed by atoms with Crippen molar-refractivity contribution in [1.29, 1.82) is 0 Å². The fourth-order valence-electron chi connectivity index (χ4n) is 1.97. The molecule has 0 aromatic rings. The molecule has 1 fully saturated rings. The zero-order valence-corrected chi connectivity index (χ0v) is 10.6. The van der Waals surface area contributed by atoms with Crippen molar-refractivity contribution in [1.82, 2.24) is 10.6 Å². The van der Waals surface area contributed by atoms with E-state index in [-0.39, 0.29) is 17.5 Å². The molecule has 0 aliphatic carbocycles. The summed E-state index contributed by atoms with van der Waals surface area (Å²) in [5.74, 6) is 0.813. The fraction of sp³-hybridized carbons (Fsp3) is 0.917. The first-order valence-corrected chi connectivity index (χ1v) is 5.84. The van der Waals surface area contributed by atoms with Gasteiger partial charge in [-0.05, 0) is 17.8 Å². The summed E-state index contributed by atoms with van der Waals surface area (Å²) >= 11 is 0. The molecule has 1 heterocycles. The molecule has 0 spiro atoms. The van der Waals surface area contributed by atoms with Crippen LogP contribution in [0.15, 0.2) is 0 Å². The van der Waals surface area contributed by atoms with E-state index in [4.69, 9.17) is 0 Å². The van der Waals surface area contributed by atoms with Gasteiger partial charge in [0, 0.05) is 12.5 Å². The normalized spacial score (nSPS) is 28.0. The molecule has 1 aliphatic rings. The van der Waals surface area contributed by atoms with E-state index in [1.54, 1.807) is 0 Å². The molecule has 1 aliphatic heterocycles. The van der Waals surface area contributed by atoms with E-state index in [2.05, 4.69) is 45.3 Å². The Kier molecular flexibility index (Phi) is 3.77. The maximum atomic E-state index is 11.6. The third-order valence-corrected chi connectivity index (χ3v) is 2.76. The predicted octanol–water partition coefficient (Wildman–Crippen LogP) is 1.88. The highest BCUT2D eigenvalue weighted by Crippen LogP contribution is 2.22. The van der Waals surface area contributed by atoms with Gasteiger partial charge in [0.15, 0.2) is 0 Å². The van der Waals surface area contributed by atoms with E-state index in [1.807, 2.05) is 0 Å². The van der Waals surface area contributed by atoms with Gasteiger partial charge < -0.3 is 5.32 Å². The van der Waals surface area contributed by atoms with Crippen LogP contribution < -0.4 is 10.6 Å². The lowest BCUT2D eigenvalue weighted by atomic mass is 9.88. The zero-order valence-electron chi connectivity index (χ0n) is 10.6. The van der Waals surface area contributed by atoms with Gasteiger partial charge in [-0.1, -0.05) is 34.6 Å². The van der Waals surface area contributed by atoms with E-state index in [1.165, 1.54) is 0 Å². The standard InChI is InChI=1S/C12H24N2O/c1-8(2)6-9-7-10(15)14-11(13-9)12(3,4)5/h8-9,11,13H,6-7H2,1-5H3,(H,14,15)/t9-,11?/m0/s1. The third-order valence-electron chi connectivity index (χ3n) is 2.76. The van der Waals surface area contributed by atoms with Crippen LogP contribution in [0.2, 0.25) is 0 Å². The molecule has 1 rings (SSSR count). The third kappa shape index (κ3) is 3.82. The monoisotopic (exact) mass is 212 g/mol. The minimum absolute atomic E-state index is 0.0747. The second-order valence-electron chi connectivity index (χ2n) is 6.06. The average Bonchev–Trinajstić information content (AvgIpc) is 1.99.